The van der Waals surface area contributed by atoms with Crippen LogP contribution in [0.4, 0.5) is 5.69 Å². The number of amides is 1. The standard InChI is InChI=1S/C34H26N4O6/c39-24-8-11-28-30(16-24)43-31-17-25(40)9-12-29(31)34(28)27-10-7-21(15-26(27)33(42)44-34)37-32(41)20-38(18-22-5-1-3-13-35-22)19-23-6-2-4-14-36-23/h1-17,39-40H,18-20H2,(H,37,41). The minimum Gasteiger partial charge on any atom is -0.508 e. The van der Waals surface area contributed by atoms with Crippen molar-refractivity contribution >= 4 is 17.6 Å². The Balaban J connectivity index is 1.18. The molecule has 7 rings (SSSR count). The lowest BCUT2D eigenvalue weighted by Crippen LogP contribution is -2.33. The van der Waals surface area contributed by atoms with Crippen LogP contribution >= 0.6 is 0 Å². The molecule has 2 aromatic heterocycles. The predicted octanol–water partition coefficient (Wildman–Crippen LogP) is 5.10. The van der Waals surface area contributed by atoms with Gasteiger partial charge in [-0.3, -0.25) is 19.7 Å². The molecule has 0 unspecified atom stereocenters. The first-order valence-corrected chi connectivity index (χ1v) is 13.9. The Kier molecular flexibility index (Phi) is 6.67. The molecule has 0 saturated carbocycles. The number of aromatic hydroxyl groups is 2. The van der Waals surface area contributed by atoms with E-state index in [9.17, 15) is 19.8 Å². The SMILES string of the molecule is O=C(CN(Cc1ccccn1)Cc1ccccn1)Nc1ccc2c(c1)C(=O)OC21c2ccc(O)cc2Oc2cc(O)ccc21. The molecule has 2 aliphatic rings. The van der Waals surface area contributed by atoms with E-state index in [1.807, 2.05) is 41.3 Å². The van der Waals surface area contributed by atoms with Crippen LogP contribution in [0.15, 0.2) is 103 Å². The van der Waals surface area contributed by atoms with Gasteiger partial charge < -0.3 is 25.0 Å². The van der Waals surface area contributed by atoms with Crippen molar-refractivity contribution < 1.29 is 29.3 Å². The molecule has 1 spiro atoms. The van der Waals surface area contributed by atoms with Crippen LogP contribution in [-0.4, -0.2) is 43.5 Å². The van der Waals surface area contributed by atoms with E-state index in [0.29, 0.717) is 47.0 Å². The number of pyridine rings is 2. The number of esters is 1. The lowest BCUT2D eigenvalue weighted by molar-refractivity contribution is -0.117. The zero-order valence-corrected chi connectivity index (χ0v) is 23.3. The first-order valence-electron chi connectivity index (χ1n) is 13.9. The fourth-order valence-corrected chi connectivity index (χ4v) is 5.80. The van der Waals surface area contributed by atoms with Crippen LogP contribution in [0.5, 0.6) is 23.0 Å². The summed E-state index contributed by atoms with van der Waals surface area (Å²) in [7, 11) is 0. The van der Waals surface area contributed by atoms with Gasteiger partial charge in [0.2, 0.25) is 5.91 Å². The summed E-state index contributed by atoms with van der Waals surface area (Å²) in [6.45, 7) is 0.940. The summed E-state index contributed by atoms with van der Waals surface area (Å²) in [4.78, 5) is 37.5. The number of carbonyl (C=O) groups is 2. The highest BCUT2D eigenvalue weighted by atomic mass is 16.6. The molecule has 5 aromatic rings. The highest BCUT2D eigenvalue weighted by Crippen LogP contribution is 2.57. The van der Waals surface area contributed by atoms with Crippen LogP contribution in [0.1, 0.15) is 38.4 Å². The van der Waals surface area contributed by atoms with Crippen molar-refractivity contribution in [1.82, 2.24) is 14.9 Å². The largest absolute Gasteiger partial charge is 0.508 e. The van der Waals surface area contributed by atoms with Crippen molar-refractivity contribution in [2.24, 2.45) is 0 Å². The third kappa shape index (κ3) is 4.87. The van der Waals surface area contributed by atoms with E-state index in [-0.39, 0.29) is 29.5 Å². The van der Waals surface area contributed by atoms with Crippen molar-refractivity contribution in [2.75, 3.05) is 11.9 Å². The smallest absolute Gasteiger partial charge is 0.340 e. The van der Waals surface area contributed by atoms with Gasteiger partial charge in [-0.15, -0.1) is 0 Å². The molecule has 3 N–H and O–H groups in total. The number of anilines is 1. The molecule has 1 amide bonds. The van der Waals surface area contributed by atoms with Gasteiger partial charge in [0, 0.05) is 60.0 Å². The van der Waals surface area contributed by atoms with Crippen LogP contribution in [-0.2, 0) is 28.2 Å². The number of nitrogens with one attached hydrogen (secondary N) is 1. The molecule has 0 saturated heterocycles. The molecule has 0 radical (unpaired) electrons. The second-order valence-corrected chi connectivity index (χ2v) is 10.6. The van der Waals surface area contributed by atoms with Gasteiger partial charge in [0.15, 0.2) is 5.60 Å². The summed E-state index contributed by atoms with van der Waals surface area (Å²) in [5, 5.41) is 23.2. The van der Waals surface area contributed by atoms with Crippen LogP contribution in [0, 0.1) is 0 Å². The van der Waals surface area contributed by atoms with Crippen LogP contribution < -0.4 is 10.1 Å². The number of rotatable bonds is 7. The fraction of sp³-hybridized carbons (Fsp3) is 0.118. The summed E-state index contributed by atoms with van der Waals surface area (Å²) in [5.74, 6) is -0.312. The van der Waals surface area contributed by atoms with E-state index in [1.165, 1.54) is 24.3 Å². The van der Waals surface area contributed by atoms with Gasteiger partial charge in [-0.2, -0.15) is 0 Å². The molecule has 0 atom stereocenters. The Morgan fingerprint density at radius 2 is 1.36 bits per heavy atom. The quantitative estimate of drug-likeness (QED) is 0.223. The van der Waals surface area contributed by atoms with Crippen molar-refractivity contribution in [3.63, 3.8) is 0 Å². The number of fused-ring (bicyclic) bond motifs is 6. The maximum Gasteiger partial charge on any atom is 0.340 e. The monoisotopic (exact) mass is 586 g/mol. The van der Waals surface area contributed by atoms with Gasteiger partial charge in [-0.05, 0) is 60.7 Å². The molecule has 0 aliphatic carbocycles. The highest BCUT2D eigenvalue weighted by molar-refractivity contribution is 6.00. The van der Waals surface area contributed by atoms with Crippen molar-refractivity contribution in [3.05, 3.63) is 137 Å². The molecule has 0 bridgehead atoms. The van der Waals surface area contributed by atoms with Gasteiger partial charge >= 0.3 is 5.97 Å². The molecule has 218 valence electrons. The Morgan fingerprint density at radius 1 is 0.773 bits per heavy atom. The summed E-state index contributed by atoms with van der Waals surface area (Å²) in [5.41, 5.74) is 2.58. The number of carbonyl (C=O) groups excluding carboxylic acids is 2. The van der Waals surface area contributed by atoms with Crippen molar-refractivity contribution in [3.8, 4) is 23.0 Å². The number of ether oxygens (including phenoxy) is 2. The molecule has 3 aromatic carbocycles. The Hall–Kier alpha value is -5.74. The molecule has 44 heavy (non-hydrogen) atoms. The van der Waals surface area contributed by atoms with Crippen LogP contribution in [0.25, 0.3) is 0 Å². The van der Waals surface area contributed by atoms with Crippen molar-refractivity contribution in [2.45, 2.75) is 18.7 Å². The average molecular weight is 587 g/mol. The second kappa shape index (κ2) is 10.8. The molecular weight excluding hydrogens is 560 g/mol. The minimum atomic E-state index is -1.37. The third-order valence-electron chi connectivity index (χ3n) is 7.65. The molecular formula is C34H26N4O6. The topological polar surface area (TPSA) is 134 Å². The number of aromatic nitrogens is 2. The molecule has 0 fully saturated rings. The van der Waals surface area contributed by atoms with Gasteiger partial charge in [0.1, 0.15) is 23.0 Å². The van der Waals surface area contributed by atoms with E-state index in [2.05, 4.69) is 15.3 Å². The number of nitrogens with zero attached hydrogens (tertiary/aromatic N) is 3. The fourth-order valence-electron chi connectivity index (χ4n) is 5.80. The number of phenolic OH excluding ortho intramolecular Hbond substituents is 2. The van der Waals surface area contributed by atoms with E-state index in [4.69, 9.17) is 9.47 Å². The van der Waals surface area contributed by atoms with E-state index < -0.39 is 11.6 Å². The van der Waals surface area contributed by atoms with E-state index >= 15 is 0 Å². The van der Waals surface area contributed by atoms with Crippen molar-refractivity contribution in [1.29, 1.82) is 0 Å². The lowest BCUT2D eigenvalue weighted by Gasteiger charge is -2.36. The normalized spacial score (nSPS) is 13.9. The van der Waals surface area contributed by atoms with Gasteiger partial charge in [-0.25, -0.2) is 4.79 Å². The maximum atomic E-state index is 13.4. The van der Waals surface area contributed by atoms with Gasteiger partial charge in [-0.1, -0.05) is 18.2 Å². The predicted molar refractivity (Wildman–Crippen MR) is 159 cm³/mol. The molecule has 4 heterocycles. The van der Waals surface area contributed by atoms with Crippen LogP contribution in [0.2, 0.25) is 0 Å². The zero-order chi connectivity index (χ0) is 30.3. The second-order valence-electron chi connectivity index (χ2n) is 10.6. The van der Waals surface area contributed by atoms with Crippen LogP contribution in [0.3, 0.4) is 0 Å². The first kappa shape index (κ1) is 27.1. The number of hydrogen-bond acceptors (Lipinski definition) is 9. The summed E-state index contributed by atoms with van der Waals surface area (Å²) < 4.78 is 12.1. The number of phenols is 2. The Bertz CT molecular complexity index is 1800. The zero-order valence-electron chi connectivity index (χ0n) is 23.3. The maximum absolute atomic E-state index is 13.4. The Morgan fingerprint density at radius 3 is 1.93 bits per heavy atom. The Labute approximate surface area is 252 Å². The average Bonchev–Trinajstić information content (AvgIpc) is 3.29. The molecule has 10 heteroatoms. The summed E-state index contributed by atoms with van der Waals surface area (Å²) in [6.07, 6.45) is 3.43. The lowest BCUT2D eigenvalue weighted by atomic mass is 9.77. The number of hydrogen-bond donors (Lipinski definition) is 3. The van der Waals surface area contributed by atoms with E-state index in [1.54, 1.807) is 42.7 Å². The minimum absolute atomic E-state index is 0.0229. The summed E-state index contributed by atoms with van der Waals surface area (Å²) >= 11 is 0. The van der Waals surface area contributed by atoms with Gasteiger partial charge in [0.25, 0.3) is 0 Å². The first-order chi connectivity index (χ1) is 21.4. The van der Waals surface area contributed by atoms with E-state index in [0.717, 1.165) is 11.4 Å². The molecule has 10 nitrogen and oxygen atoms in total. The summed E-state index contributed by atoms with van der Waals surface area (Å²) in [6, 6.07) is 25.5. The molecule has 2 aliphatic heterocycles. The third-order valence-corrected chi connectivity index (χ3v) is 7.65. The number of benzene rings is 3. The van der Waals surface area contributed by atoms with Gasteiger partial charge in [0.05, 0.1) is 23.5 Å². The highest BCUT2D eigenvalue weighted by Gasteiger charge is 2.53.